The number of carboxylic acid groups (broad SMARTS) is 1. The molecule has 0 bridgehead atoms. The maximum Gasteiger partial charge on any atom is 0.416 e. The molecule has 6 N–H and O–H groups in total. The summed E-state index contributed by atoms with van der Waals surface area (Å²) in [4.78, 5) is 40.9. The van der Waals surface area contributed by atoms with Gasteiger partial charge >= 0.3 is 12.1 Å². The fraction of sp³-hybridized carbons (Fsp3) is 0.320. The molecule has 0 saturated heterocycles. The Morgan fingerprint density at radius 3 is 2.62 bits per heavy atom. The molecule has 2 amide bonds. The van der Waals surface area contributed by atoms with Gasteiger partial charge in [-0.05, 0) is 36.8 Å². The second kappa shape index (κ2) is 11.6. The van der Waals surface area contributed by atoms with Crippen LogP contribution < -0.4 is 21.3 Å². The van der Waals surface area contributed by atoms with E-state index in [0.29, 0.717) is 22.5 Å². The number of aliphatic carboxylic acids is 1. The number of aromatic amines is 1. The highest BCUT2D eigenvalue weighted by Crippen LogP contribution is 2.32. The molecule has 1 aliphatic heterocycles. The molecule has 2 atom stereocenters. The Kier molecular flexibility index (Phi) is 8.21. The van der Waals surface area contributed by atoms with Gasteiger partial charge in [0, 0.05) is 10.9 Å². The zero-order chi connectivity index (χ0) is 29.0. The molecule has 3 aromatic rings. The quantitative estimate of drug-likeness (QED) is 0.230. The number of nitrogens with one attached hydrogen (secondary N) is 5. The number of carboxylic acids is 1. The Labute approximate surface area is 224 Å². The SMILES string of the molecule is Cc1cc(C(CC(=O)O)NC(=O)CNC(=O)c2cc(NC3=NCC(F)CN3)c3cn[nH]c3c2)cc(C(F)(F)F)c1. The van der Waals surface area contributed by atoms with Crippen LogP contribution in [0.25, 0.3) is 10.9 Å². The lowest BCUT2D eigenvalue weighted by atomic mass is 9.98. The number of carbonyl (C=O) groups is 3. The van der Waals surface area contributed by atoms with Gasteiger partial charge in [0.2, 0.25) is 5.91 Å². The van der Waals surface area contributed by atoms with Crippen molar-refractivity contribution < 1.29 is 37.1 Å². The summed E-state index contributed by atoms with van der Waals surface area (Å²) in [5, 5.41) is 27.2. The van der Waals surface area contributed by atoms with E-state index in [0.717, 1.165) is 12.1 Å². The van der Waals surface area contributed by atoms with Crippen molar-refractivity contribution in [3.63, 3.8) is 0 Å². The number of nitrogens with zero attached hydrogens (tertiary/aromatic N) is 2. The van der Waals surface area contributed by atoms with Crippen molar-refractivity contribution in [2.24, 2.45) is 4.99 Å². The molecule has 0 fully saturated rings. The predicted octanol–water partition coefficient (Wildman–Crippen LogP) is 2.66. The predicted molar refractivity (Wildman–Crippen MR) is 137 cm³/mol. The van der Waals surface area contributed by atoms with Gasteiger partial charge in [-0.15, -0.1) is 0 Å². The molecular formula is C25H25F4N7O4. The lowest BCUT2D eigenvalue weighted by Crippen LogP contribution is -2.41. The standard InChI is InChI=1S/C25H25F4N7O4/c1-12-2-13(4-15(3-12)25(27,28)29)18(7-22(38)39)34-21(37)11-30-23(40)14-5-19(17-10-33-36-20(17)6-14)35-24-31-8-16(26)9-32-24/h2-6,10,16,18H,7-9,11H2,1H3,(H,30,40)(H,33,36)(H,34,37)(H,38,39)(H2,31,32,35). The number of H-pyrrole nitrogens is 1. The molecule has 0 aliphatic carbocycles. The minimum atomic E-state index is -4.66. The first-order chi connectivity index (χ1) is 18.9. The van der Waals surface area contributed by atoms with Crippen LogP contribution in [0.3, 0.4) is 0 Å². The summed E-state index contributed by atoms with van der Waals surface area (Å²) in [5.74, 6) is -2.50. The number of halogens is 4. The van der Waals surface area contributed by atoms with Crippen molar-refractivity contribution in [3.05, 3.63) is 58.8 Å². The summed E-state index contributed by atoms with van der Waals surface area (Å²) < 4.78 is 53.2. The van der Waals surface area contributed by atoms with Crippen LogP contribution in [0.5, 0.6) is 0 Å². The van der Waals surface area contributed by atoms with Gasteiger partial charge in [-0.25, -0.2) is 9.38 Å². The molecule has 40 heavy (non-hydrogen) atoms. The monoisotopic (exact) mass is 563 g/mol. The van der Waals surface area contributed by atoms with Crippen LogP contribution in [0.1, 0.15) is 39.5 Å². The van der Waals surface area contributed by atoms with Gasteiger partial charge in [-0.1, -0.05) is 11.6 Å². The number of benzene rings is 2. The molecule has 0 radical (unpaired) electrons. The van der Waals surface area contributed by atoms with E-state index in [2.05, 4.69) is 36.5 Å². The lowest BCUT2D eigenvalue weighted by Gasteiger charge is -2.20. The minimum Gasteiger partial charge on any atom is -0.481 e. The Morgan fingerprint density at radius 2 is 1.95 bits per heavy atom. The summed E-state index contributed by atoms with van der Waals surface area (Å²) in [6.07, 6.45) is -4.93. The topological polar surface area (TPSA) is 161 Å². The Balaban J connectivity index is 1.46. The van der Waals surface area contributed by atoms with Crippen LogP contribution >= 0.6 is 0 Å². The van der Waals surface area contributed by atoms with E-state index in [1.54, 1.807) is 0 Å². The molecule has 212 valence electrons. The number of hydrogen-bond acceptors (Lipinski definition) is 7. The van der Waals surface area contributed by atoms with Crippen LogP contribution in [0.4, 0.5) is 23.2 Å². The number of anilines is 1. The van der Waals surface area contributed by atoms with Gasteiger partial charge in [-0.3, -0.25) is 19.5 Å². The molecule has 15 heteroatoms. The number of aryl methyl sites for hydroxylation is 1. The van der Waals surface area contributed by atoms with E-state index in [9.17, 15) is 37.1 Å². The Hall–Kier alpha value is -4.69. The van der Waals surface area contributed by atoms with E-state index in [1.807, 2.05) is 0 Å². The van der Waals surface area contributed by atoms with Crippen LogP contribution in [0.15, 0.2) is 41.5 Å². The zero-order valence-corrected chi connectivity index (χ0v) is 21.0. The molecule has 1 aliphatic rings. The van der Waals surface area contributed by atoms with E-state index >= 15 is 0 Å². The molecular weight excluding hydrogens is 538 g/mol. The van der Waals surface area contributed by atoms with Crippen LogP contribution in [-0.4, -0.2) is 64.9 Å². The first-order valence-corrected chi connectivity index (χ1v) is 12.0. The third kappa shape index (κ3) is 7.03. The van der Waals surface area contributed by atoms with Crippen LogP contribution in [-0.2, 0) is 15.8 Å². The number of guanidine groups is 1. The Bertz CT molecular complexity index is 1470. The number of aliphatic imine (C=N–C) groups is 1. The number of amides is 2. The maximum atomic E-state index is 13.4. The van der Waals surface area contributed by atoms with Crippen molar-refractivity contribution in [1.29, 1.82) is 0 Å². The molecule has 2 aromatic carbocycles. The molecule has 4 rings (SSSR count). The normalized spacial score (nSPS) is 16.0. The third-order valence-corrected chi connectivity index (χ3v) is 5.97. The van der Waals surface area contributed by atoms with Gasteiger partial charge < -0.3 is 26.4 Å². The third-order valence-electron chi connectivity index (χ3n) is 5.97. The highest BCUT2D eigenvalue weighted by atomic mass is 19.4. The summed E-state index contributed by atoms with van der Waals surface area (Å²) in [5.41, 5.74) is 0.278. The molecule has 2 heterocycles. The average molecular weight is 564 g/mol. The summed E-state index contributed by atoms with van der Waals surface area (Å²) in [7, 11) is 0. The second-order valence-corrected chi connectivity index (χ2v) is 9.18. The number of carbonyl (C=O) groups excluding carboxylic acids is 2. The van der Waals surface area contributed by atoms with Crippen molar-refractivity contribution in [1.82, 2.24) is 26.1 Å². The minimum absolute atomic E-state index is 0.0257. The molecule has 0 saturated carbocycles. The summed E-state index contributed by atoms with van der Waals surface area (Å²) >= 11 is 0. The molecule has 0 spiro atoms. The fourth-order valence-electron chi connectivity index (χ4n) is 4.13. The molecule has 2 unspecified atom stereocenters. The smallest absolute Gasteiger partial charge is 0.416 e. The van der Waals surface area contributed by atoms with E-state index in [1.165, 1.54) is 31.3 Å². The van der Waals surface area contributed by atoms with E-state index in [-0.39, 0.29) is 29.8 Å². The van der Waals surface area contributed by atoms with Crippen molar-refractivity contribution in [2.75, 3.05) is 25.0 Å². The highest BCUT2D eigenvalue weighted by Gasteiger charge is 2.32. The number of rotatable bonds is 8. The Morgan fingerprint density at radius 1 is 1.18 bits per heavy atom. The van der Waals surface area contributed by atoms with Gasteiger partial charge in [-0.2, -0.15) is 18.3 Å². The van der Waals surface area contributed by atoms with Crippen molar-refractivity contribution in [2.45, 2.75) is 31.7 Å². The van der Waals surface area contributed by atoms with Gasteiger partial charge in [0.15, 0.2) is 5.96 Å². The first kappa shape index (κ1) is 28.3. The van der Waals surface area contributed by atoms with Crippen molar-refractivity contribution >= 4 is 40.3 Å². The maximum absolute atomic E-state index is 13.4. The summed E-state index contributed by atoms with van der Waals surface area (Å²) in [6, 6.07) is 4.76. The zero-order valence-electron chi connectivity index (χ0n) is 21.0. The van der Waals surface area contributed by atoms with Crippen LogP contribution in [0, 0.1) is 6.92 Å². The van der Waals surface area contributed by atoms with Crippen molar-refractivity contribution in [3.8, 4) is 0 Å². The van der Waals surface area contributed by atoms with Gasteiger partial charge in [0.1, 0.15) is 6.17 Å². The number of hydrogen-bond donors (Lipinski definition) is 6. The first-order valence-electron chi connectivity index (χ1n) is 12.0. The molecule has 1 aromatic heterocycles. The number of fused-ring (bicyclic) bond motifs is 1. The van der Waals surface area contributed by atoms with E-state index < -0.39 is 54.7 Å². The van der Waals surface area contributed by atoms with Gasteiger partial charge in [0.05, 0.1) is 55.1 Å². The summed E-state index contributed by atoms with van der Waals surface area (Å²) in [6.45, 7) is 0.885. The van der Waals surface area contributed by atoms with E-state index in [4.69, 9.17) is 0 Å². The average Bonchev–Trinajstić information content (AvgIpc) is 3.36. The highest BCUT2D eigenvalue weighted by molar-refractivity contribution is 6.07. The second-order valence-electron chi connectivity index (χ2n) is 9.18. The fourth-order valence-corrected chi connectivity index (χ4v) is 4.13. The van der Waals surface area contributed by atoms with Gasteiger partial charge in [0.25, 0.3) is 5.91 Å². The number of alkyl halides is 4. The lowest BCUT2D eigenvalue weighted by molar-refractivity contribution is -0.138. The largest absolute Gasteiger partial charge is 0.481 e. The molecule has 11 nitrogen and oxygen atoms in total. The number of aromatic nitrogens is 2. The van der Waals surface area contributed by atoms with Crippen LogP contribution in [0.2, 0.25) is 0 Å².